The van der Waals surface area contributed by atoms with Gasteiger partial charge in [-0.2, -0.15) is 0 Å². The highest BCUT2D eigenvalue weighted by Gasteiger charge is 2.46. The molecular weight excluding hydrogens is 378 g/mol. The molecule has 0 N–H and O–H groups in total. The summed E-state index contributed by atoms with van der Waals surface area (Å²) < 4.78 is 17.4. The Morgan fingerprint density at radius 1 is 1.17 bits per heavy atom. The fourth-order valence-electron chi connectivity index (χ4n) is 4.38. The van der Waals surface area contributed by atoms with Crippen LogP contribution in [0.5, 0.6) is 5.75 Å². The first-order valence-electron chi connectivity index (χ1n) is 10.3. The SMILES string of the molecule is COc1ccc(/C=C/C(=O)OC(C)(C)C)c(C2O[C@@H]3Cc4ccccc4[C@@H]3N2C)c1. The summed E-state index contributed by atoms with van der Waals surface area (Å²) in [5.74, 6) is 0.393. The molecule has 0 saturated carbocycles. The first kappa shape index (κ1) is 20.6. The number of ether oxygens (including phenoxy) is 3. The first-order chi connectivity index (χ1) is 14.3. The summed E-state index contributed by atoms with van der Waals surface area (Å²) in [7, 11) is 3.75. The standard InChI is InChI=1S/C25H29NO4/c1-25(2,3)30-22(27)13-11-16-10-12-18(28-5)15-20(16)24-26(4)23-19-9-7-6-8-17(19)14-21(23)29-24/h6-13,15,21,23-24H,14H2,1-5H3/b13-11+/t21-,23+,24?/m1/s1. The van der Waals surface area contributed by atoms with Crippen molar-refractivity contribution in [3.8, 4) is 5.75 Å². The smallest absolute Gasteiger partial charge is 0.331 e. The number of fused-ring (bicyclic) bond motifs is 3. The Kier molecular flexibility index (Phi) is 5.43. The fourth-order valence-corrected chi connectivity index (χ4v) is 4.38. The Bertz CT molecular complexity index is 975. The molecule has 0 amide bonds. The quantitative estimate of drug-likeness (QED) is 0.544. The largest absolute Gasteiger partial charge is 0.497 e. The Balaban J connectivity index is 1.63. The molecule has 1 unspecified atom stereocenters. The van der Waals surface area contributed by atoms with E-state index in [-0.39, 0.29) is 24.3 Å². The molecule has 3 atom stereocenters. The number of esters is 1. The molecule has 30 heavy (non-hydrogen) atoms. The monoisotopic (exact) mass is 407 g/mol. The predicted octanol–water partition coefficient (Wildman–Crippen LogP) is 4.68. The molecule has 5 heteroatoms. The van der Waals surface area contributed by atoms with E-state index in [2.05, 4.69) is 36.2 Å². The van der Waals surface area contributed by atoms with Crippen LogP contribution in [0, 0.1) is 0 Å². The number of likely N-dealkylation sites (N-methyl/N-ethyl adjacent to an activating group) is 1. The summed E-state index contributed by atoms with van der Waals surface area (Å²) in [4.78, 5) is 14.4. The summed E-state index contributed by atoms with van der Waals surface area (Å²) in [6, 6.07) is 14.6. The second-order valence-corrected chi connectivity index (χ2v) is 8.90. The van der Waals surface area contributed by atoms with Crippen molar-refractivity contribution in [2.45, 2.75) is 51.2 Å². The second-order valence-electron chi connectivity index (χ2n) is 8.90. The zero-order valence-corrected chi connectivity index (χ0v) is 18.2. The normalized spacial score (nSPS) is 23.4. The van der Waals surface area contributed by atoms with E-state index in [4.69, 9.17) is 14.2 Å². The van der Waals surface area contributed by atoms with Crippen LogP contribution in [-0.4, -0.2) is 36.7 Å². The van der Waals surface area contributed by atoms with E-state index in [1.54, 1.807) is 13.2 Å². The van der Waals surface area contributed by atoms with Gasteiger partial charge in [0.15, 0.2) is 0 Å². The van der Waals surface area contributed by atoms with Crippen molar-refractivity contribution in [1.29, 1.82) is 0 Å². The van der Waals surface area contributed by atoms with E-state index in [0.29, 0.717) is 0 Å². The lowest BCUT2D eigenvalue weighted by molar-refractivity contribution is -0.148. The molecule has 0 radical (unpaired) electrons. The number of carbonyl (C=O) groups excluding carboxylic acids is 1. The van der Waals surface area contributed by atoms with Gasteiger partial charge >= 0.3 is 5.97 Å². The van der Waals surface area contributed by atoms with E-state index >= 15 is 0 Å². The molecule has 5 nitrogen and oxygen atoms in total. The molecule has 1 aliphatic carbocycles. The van der Waals surface area contributed by atoms with Crippen molar-refractivity contribution >= 4 is 12.0 Å². The lowest BCUT2D eigenvalue weighted by Crippen LogP contribution is -2.23. The maximum absolute atomic E-state index is 12.2. The number of benzene rings is 2. The Hall–Kier alpha value is -2.63. The highest BCUT2D eigenvalue weighted by molar-refractivity contribution is 5.87. The molecular formula is C25H29NO4. The molecule has 2 aliphatic rings. The molecule has 1 saturated heterocycles. The van der Waals surface area contributed by atoms with E-state index in [1.807, 2.05) is 39.0 Å². The van der Waals surface area contributed by atoms with Gasteiger partial charge in [-0.05, 0) is 62.7 Å². The highest BCUT2D eigenvalue weighted by atomic mass is 16.6. The van der Waals surface area contributed by atoms with E-state index in [9.17, 15) is 4.79 Å². The van der Waals surface area contributed by atoms with Gasteiger partial charge in [0, 0.05) is 18.1 Å². The van der Waals surface area contributed by atoms with Crippen LogP contribution in [0.15, 0.2) is 48.5 Å². The average Bonchev–Trinajstić information content (AvgIpc) is 3.21. The van der Waals surface area contributed by atoms with Crippen LogP contribution in [0.4, 0.5) is 0 Å². The maximum atomic E-state index is 12.2. The van der Waals surface area contributed by atoms with Crippen molar-refractivity contribution < 1.29 is 19.0 Å². The Morgan fingerprint density at radius 2 is 1.93 bits per heavy atom. The minimum atomic E-state index is -0.524. The van der Waals surface area contributed by atoms with Gasteiger partial charge in [0.2, 0.25) is 0 Å². The maximum Gasteiger partial charge on any atom is 0.331 e. The van der Waals surface area contributed by atoms with Crippen LogP contribution >= 0.6 is 0 Å². The van der Waals surface area contributed by atoms with Crippen LogP contribution in [0.1, 0.15) is 55.3 Å². The first-order valence-corrected chi connectivity index (χ1v) is 10.3. The van der Waals surface area contributed by atoms with E-state index in [1.165, 1.54) is 17.2 Å². The van der Waals surface area contributed by atoms with Gasteiger partial charge in [-0.15, -0.1) is 0 Å². The number of rotatable bonds is 4. The number of nitrogens with zero attached hydrogens (tertiary/aromatic N) is 1. The van der Waals surface area contributed by atoms with Gasteiger partial charge in [0.25, 0.3) is 0 Å². The molecule has 0 spiro atoms. The molecule has 4 rings (SSSR count). The predicted molar refractivity (Wildman–Crippen MR) is 116 cm³/mol. The van der Waals surface area contributed by atoms with Gasteiger partial charge in [-0.1, -0.05) is 30.3 Å². The lowest BCUT2D eigenvalue weighted by atomic mass is 10.0. The van der Waals surface area contributed by atoms with Crippen molar-refractivity contribution in [3.05, 3.63) is 70.8 Å². The molecule has 2 aromatic carbocycles. The van der Waals surface area contributed by atoms with Gasteiger partial charge in [0.1, 0.15) is 17.6 Å². The number of hydrogen-bond acceptors (Lipinski definition) is 5. The summed E-state index contributed by atoms with van der Waals surface area (Å²) in [5.41, 5.74) is 4.05. The van der Waals surface area contributed by atoms with Crippen LogP contribution in [-0.2, 0) is 20.7 Å². The van der Waals surface area contributed by atoms with Crippen LogP contribution < -0.4 is 4.74 Å². The van der Waals surface area contributed by atoms with Crippen molar-refractivity contribution in [2.75, 3.05) is 14.2 Å². The fraction of sp³-hybridized carbons (Fsp3) is 0.400. The molecule has 1 heterocycles. The summed E-state index contributed by atoms with van der Waals surface area (Å²) in [6.07, 6.45) is 4.08. The van der Waals surface area contributed by atoms with E-state index < -0.39 is 5.60 Å². The van der Waals surface area contributed by atoms with Crippen molar-refractivity contribution in [1.82, 2.24) is 4.90 Å². The summed E-state index contributed by atoms with van der Waals surface area (Å²) in [5, 5.41) is 0. The van der Waals surface area contributed by atoms with Gasteiger partial charge in [-0.3, -0.25) is 4.90 Å². The van der Waals surface area contributed by atoms with E-state index in [0.717, 1.165) is 23.3 Å². The topological polar surface area (TPSA) is 48.0 Å². The molecule has 158 valence electrons. The van der Waals surface area contributed by atoms with Gasteiger partial charge < -0.3 is 14.2 Å². The van der Waals surface area contributed by atoms with Crippen molar-refractivity contribution in [3.63, 3.8) is 0 Å². The zero-order valence-electron chi connectivity index (χ0n) is 18.2. The third-order valence-corrected chi connectivity index (χ3v) is 5.63. The van der Waals surface area contributed by atoms with Crippen LogP contribution in [0.2, 0.25) is 0 Å². The molecule has 1 aliphatic heterocycles. The highest BCUT2D eigenvalue weighted by Crippen LogP contribution is 2.49. The third-order valence-electron chi connectivity index (χ3n) is 5.63. The van der Waals surface area contributed by atoms with Crippen molar-refractivity contribution in [2.24, 2.45) is 0 Å². The zero-order chi connectivity index (χ0) is 21.5. The minimum absolute atomic E-state index is 0.117. The summed E-state index contributed by atoms with van der Waals surface area (Å²) in [6.45, 7) is 5.57. The minimum Gasteiger partial charge on any atom is -0.497 e. The summed E-state index contributed by atoms with van der Waals surface area (Å²) >= 11 is 0. The Morgan fingerprint density at radius 3 is 2.67 bits per heavy atom. The molecule has 0 bridgehead atoms. The lowest BCUT2D eigenvalue weighted by Gasteiger charge is -2.25. The third kappa shape index (κ3) is 4.00. The number of hydrogen-bond donors (Lipinski definition) is 0. The molecule has 2 aromatic rings. The Labute approximate surface area is 178 Å². The second kappa shape index (κ2) is 7.89. The van der Waals surface area contributed by atoms with Crippen LogP contribution in [0.25, 0.3) is 6.08 Å². The number of methoxy groups -OCH3 is 1. The van der Waals surface area contributed by atoms with Gasteiger partial charge in [0.05, 0.1) is 19.3 Å². The van der Waals surface area contributed by atoms with Gasteiger partial charge in [-0.25, -0.2) is 4.79 Å². The molecule has 0 aromatic heterocycles. The molecule has 1 fully saturated rings. The van der Waals surface area contributed by atoms with Crippen LogP contribution in [0.3, 0.4) is 0 Å². The number of carbonyl (C=O) groups is 1. The average molecular weight is 408 g/mol.